The number of amides is 1. The van der Waals surface area contributed by atoms with E-state index in [1.807, 2.05) is 48.7 Å². The van der Waals surface area contributed by atoms with Crippen LogP contribution >= 0.6 is 0 Å². The summed E-state index contributed by atoms with van der Waals surface area (Å²) in [6.45, 7) is 2.88. The molecule has 1 aliphatic rings. The molecule has 7 heteroatoms. The monoisotopic (exact) mass is 394 g/mol. The fourth-order valence-electron chi connectivity index (χ4n) is 3.75. The molecule has 1 fully saturated rings. The van der Waals surface area contributed by atoms with Gasteiger partial charge >= 0.3 is 0 Å². The number of likely N-dealkylation sites (tertiary alicyclic amines) is 1. The Morgan fingerprint density at radius 1 is 1.28 bits per heavy atom. The van der Waals surface area contributed by atoms with E-state index in [-0.39, 0.29) is 11.8 Å². The molecule has 7 nitrogen and oxygen atoms in total. The number of hydrogen-bond donors (Lipinski definition) is 1. The zero-order chi connectivity index (χ0) is 20.1. The standard InChI is InChI=1S/C22H26N4O3/c1-28-16-21-9-8-20(29-21)15-25-11-3-5-17(14-25)22(27)24-18-6-2-7-19(13-18)26-12-4-10-23-26/h2,4,6-10,12-13,17H,3,5,11,14-16H2,1H3,(H,24,27)/t17-/m1/s1. The molecule has 1 saturated heterocycles. The van der Waals surface area contributed by atoms with Gasteiger partial charge in [-0.3, -0.25) is 9.69 Å². The molecule has 0 saturated carbocycles. The third-order valence-corrected chi connectivity index (χ3v) is 5.14. The second kappa shape index (κ2) is 9.07. The molecule has 29 heavy (non-hydrogen) atoms. The number of nitrogens with one attached hydrogen (secondary N) is 1. The van der Waals surface area contributed by atoms with E-state index in [0.29, 0.717) is 13.2 Å². The van der Waals surface area contributed by atoms with Gasteiger partial charge in [-0.15, -0.1) is 0 Å². The predicted molar refractivity (Wildman–Crippen MR) is 110 cm³/mol. The summed E-state index contributed by atoms with van der Waals surface area (Å²) in [6, 6.07) is 13.5. The number of rotatable bonds is 7. The van der Waals surface area contributed by atoms with Gasteiger partial charge in [-0.2, -0.15) is 5.10 Å². The first-order valence-corrected chi connectivity index (χ1v) is 9.91. The zero-order valence-corrected chi connectivity index (χ0v) is 16.6. The lowest BCUT2D eigenvalue weighted by Crippen LogP contribution is -2.40. The van der Waals surface area contributed by atoms with Crippen molar-refractivity contribution in [1.82, 2.24) is 14.7 Å². The lowest BCUT2D eigenvalue weighted by molar-refractivity contribution is -0.121. The number of ether oxygens (including phenoxy) is 1. The van der Waals surface area contributed by atoms with E-state index in [2.05, 4.69) is 15.3 Å². The average molecular weight is 394 g/mol. The van der Waals surface area contributed by atoms with Crippen LogP contribution in [0.25, 0.3) is 5.69 Å². The Balaban J connectivity index is 1.35. The van der Waals surface area contributed by atoms with Gasteiger partial charge in [-0.05, 0) is 55.8 Å². The van der Waals surface area contributed by atoms with Crippen molar-refractivity contribution in [2.75, 3.05) is 25.5 Å². The van der Waals surface area contributed by atoms with Crippen molar-refractivity contribution in [3.05, 3.63) is 66.4 Å². The van der Waals surface area contributed by atoms with Crippen LogP contribution < -0.4 is 5.32 Å². The van der Waals surface area contributed by atoms with E-state index in [1.165, 1.54) is 0 Å². The van der Waals surface area contributed by atoms with E-state index in [9.17, 15) is 4.79 Å². The van der Waals surface area contributed by atoms with Crippen LogP contribution in [0.4, 0.5) is 5.69 Å². The summed E-state index contributed by atoms with van der Waals surface area (Å²) in [6.07, 6.45) is 5.51. The number of piperidine rings is 1. The van der Waals surface area contributed by atoms with E-state index >= 15 is 0 Å². The maximum atomic E-state index is 12.9. The second-order valence-corrected chi connectivity index (χ2v) is 7.37. The van der Waals surface area contributed by atoms with Crippen LogP contribution in [0.3, 0.4) is 0 Å². The number of hydrogen-bond acceptors (Lipinski definition) is 5. The summed E-state index contributed by atoms with van der Waals surface area (Å²) in [5, 5.41) is 7.31. The third-order valence-electron chi connectivity index (χ3n) is 5.14. The Labute approximate surface area is 170 Å². The molecular formula is C22H26N4O3. The van der Waals surface area contributed by atoms with Crippen molar-refractivity contribution >= 4 is 11.6 Å². The van der Waals surface area contributed by atoms with E-state index in [0.717, 1.165) is 48.8 Å². The molecule has 1 aliphatic heterocycles. The van der Waals surface area contributed by atoms with Crippen LogP contribution in [-0.4, -0.2) is 40.8 Å². The predicted octanol–water partition coefficient (Wildman–Crippen LogP) is 3.46. The van der Waals surface area contributed by atoms with Gasteiger partial charge in [-0.25, -0.2) is 4.68 Å². The van der Waals surface area contributed by atoms with Crippen molar-refractivity contribution in [3.8, 4) is 5.69 Å². The summed E-state index contributed by atoms with van der Waals surface area (Å²) in [7, 11) is 1.65. The SMILES string of the molecule is COCc1ccc(CN2CCC[C@@H](C(=O)Nc3cccc(-n4cccn4)c3)C2)o1. The number of aromatic nitrogens is 2. The molecule has 1 atom stereocenters. The summed E-state index contributed by atoms with van der Waals surface area (Å²) in [5.41, 5.74) is 1.71. The average Bonchev–Trinajstić information content (AvgIpc) is 3.41. The largest absolute Gasteiger partial charge is 0.462 e. The molecule has 152 valence electrons. The number of carbonyl (C=O) groups excluding carboxylic acids is 1. The van der Waals surface area contributed by atoms with Crippen LogP contribution in [0.2, 0.25) is 0 Å². The fraction of sp³-hybridized carbons (Fsp3) is 0.364. The highest BCUT2D eigenvalue weighted by atomic mass is 16.5. The van der Waals surface area contributed by atoms with Gasteiger partial charge in [-0.1, -0.05) is 6.07 Å². The molecule has 0 radical (unpaired) electrons. The highest BCUT2D eigenvalue weighted by Gasteiger charge is 2.26. The number of benzene rings is 1. The highest BCUT2D eigenvalue weighted by molar-refractivity contribution is 5.93. The van der Waals surface area contributed by atoms with Crippen molar-refractivity contribution in [1.29, 1.82) is 0 Å². The second-order valence-electron chi connectivity index (χ2n) is 7.37. The molecular weight excluding hydrogens is 368 g/mol. The summed E-state index contributed by atoms with van der Waals surface area (Å²) >= 11 is 0. The van der Waals surface area contributed by atoms with Gasteiger partial charge in [0.15, 0.2) is 0 Å². The normalized spacial score (nSPS) is 17.3. The summed E-state index contributed by atoms with van der Waals surface area (Å²) < 4.78 is 12.7. The van der Waals surface area contributed by atoms with Gasteiger partial charge in [0.2, 0.25) is 5.91 Å². The van der Waals surface area contributed by atoms with Crippen LogP contribution in [-0.2, 0) is 22.7 Å². The Kier molecular flexibility index (Phi) is 6.07. The summed E-state index contributed by atoms with van der Waals surface area (Å²) in [4.78, 5) is 15.1. The fourth-order valence-corrected chi connectivity index (χ4v) is 3.75. The molecule has 0 spiro atoms. The molecule has 0 aliphatic carbocycles. The van der Waals surface area contributed by atoms with Crippen LogP contribution in [0.1, 0.15) is 24.4 Å². The quantitative estimate of drug-likeness (QED) is 0.664. The first-order chi connectivity index (χ1) is 14.2. The molecule has 1 N–H and O–H groups in total. The Morgan fingerprint density at radius 3 is 3.00 bits per heavy atom. The first-order valence-electron chi connectivity index (χ1n) is 9.91. The van der Waals surface area contributed by atoms with Gasteiger partial charge in [0.25, 0.3) is 0 Å². The van der Waals surface area contributed by atoms with E-state index in [1.54, 1.807) is 18.0 Å². The van der Waals surface area contributed by atoms with Gasteiger partial charge in [0, 0.05) is 31.7 Å². The Hall–Kier alpha value is -2.90. The van der Waals surface area contributed by atoms with Crippen molar-refractivity contribution < 1.29 is 13.9 Å². The number of anilines is 1. The van der Waals surface area contributed by atoms with Crippen LogP contribution in [0.15, 0.2) is 59.3 Å². The number of methoxy groups -OCH3 is 1. The number of nitrogens with zero attached hydrogens (tertiary/aromatic N) is 3. The molecule has 2 aromatic heterocycles. The molecule has 1 amide bonds. The zero-order valence-electron chi connectivity index (χ0n) is 16.6. The molecule has 3 aromatic rings. The molecule has 1 aromatic carbocycles. The Morgan fingerprint density at radius 2 is 2.17 bits per heavy atom. The minimum Gasteiger partial charge on any atom is -0.462 e. The lowest BCUT2D eigenvalue weighted by atomic mass is 9.97. The summed E-state index contributed by atoms with van der Waals surface area (Å²) in [5.74, 6) is 1.76. The number of furan rings is 1. The topological polar surface area (TPSA) is 72.5 Å². The van der Waals surface area contributed by atoms with Crippen LogP contribution in [0, 0.1) is 5.92 Å². The smallest absolute Gasteiger partial charge is 0.228 e. The Bertz CT molecular complexity index is 935. The maximum Gasteiger partial charge on any atom is 0.228 e. The molecule has 0 bridgehead atoms. The molecule has 4 rings (SSSR count). The van der Waals surface area contributed by atoms with Crippen molar-refractivity contribution in [3.63, 3.8) is 0 Å². The van der Waals surface area contributed by atoms with Gasteiger partial charge < -0.3 is 14.5 Å². The highest BCUT2D eigenvalue weighted by Crippen LogP contribution is 2.22. The van der Waals surface area contributed by atoms with E-state index in [4.69, 9.17) is 9.15 Å². The third kappa shape index (κ3) is 4.93. The number of carbonyl (C=O) groups is 1. The van der Waals surface area contributed by atoms with E-state index < -0.39 is 0 Å². The lowest BCUT2D eigenvalue weighted by Gasteiger charge is -2.31. The minimum absolute atomic E-state index is 0.0366. The maximum absolute atomic E-state index is 12.9. The van der Waals surface area contributed by atoms with Gasteiger partial charge in [0.05, 0.1) is 18.2 Å². The molecule has 3 heterocycles. The van der Waals surface area contributed by atoms with Crippen LogP contribution in [0.5, 0.6) is 0 Å². The van der Waals surface area contributed by atoms with Crippen molar-refractivity contribution in [2.45, 2.75) is 26.0 Å². The molecule has 0 unspecified atom stereocenters. The van der Waals surface area contributed by atoms with Gasteiger partial charge in [0.1, 0.15) is 18.1 Å². The minimum atomic E-state index is -0.0366. The first kappa shape index (κ1) is 19.4. The van der Waals surface area contributed by atoms with Crippen molar-refractivity contribution in [2.24, 2.45) is 5.92 Å².